The quantitative estimate of drug-likeness (QED) is 0.801. The fourth-order valence-electron chi connectivity index (χ4n) is 2.33. The summed E-state index contributed by atoms with van der Waals surface area (Å²) in [6, 6.07) is 17.7. The summed E-state index contributed by atoms with van der Waals surface area (Å²) >= 11 is 3.61. The van der Waals surface area contributed by atoms with Crippen molar-refractivity contribution >= 4 is 15.9 Å². The van der Waals surface area contributed by atoms with Crippen LogP contribution in [0, 0.1) is 0 Å². The van der Waals surface area contributed by atoms with Crippen LogP contribution in [0.25, 0.3) is 11.1 Å². The van der Waals surface area contributed by atoms with Gasteiger partial charge in [-0.3, -0.25) is 0 Å². The van der Waals surface area contributed by atoms with E-state index < -0.39 is 0 Å². The van der Waals surface area contributed by atoms with Crippen LogP contribution in [0.15, 0.2) is 53.0 Å². The zero-order chi connectivity index (χ0) is 13.7. The molecule has 100 valence electrons. The first-order chi connectivity index (χ1) is 9.26. The Morgan fingerprint density at radius 3 is 2.26 bits per heavy atom. The first-order valence-corrected chi connectivity index (χ1v) is 7.63. The van der Waals surface area contributed by atoms with E-state index in [1.807, 2.05) is 6.07 Å². The second-order valence-electron chi connectivity index (χ2n) is 4.62. The van der Waals surface area contributed by atoms with Gasteiger partial charge in [0.05, 0.1) is 0 Å². The lowest BCUT2D eigenvalue weighted by Gasteiger charge is -2.16. The molecule has 2 rings (SSSR count). The Morgan fingerprint density at radius 2 is 1.68 bits per heavy atom. The largest absolute Gasteiger partial charge is 0.310 e. The molecule has 1 atom stereocenters. The third-order valence-corrected chi connectivity index (χ3v) is 4.05. The van der Waals surface area contributed by atoms with Gasteiger partial charge in [0.15, 0.2) is 0 Å². The number of benzene rings is 2. The number of halogens is 1. The van der Waals surface area contributed by atoms with E-state index in [0.717, 1.165) is 17.4 Å². The number of hydrogen-bond acceptors (Lipinski definition) is 1. The van der Waals surface area contributed by atoms with Crippen molar-refractivity contribution in [2.75, 3.05) is 6.54 Å². The molecule has 2 aromatic rings. The second-order valence-corrected chi connectivity index (χ2v) is 5.47. The van der Waals surface area contributed by atoms with Crippen molar-refractivity contribution in [1.29, 1.82) is 0 Å². The van der Waals surface area contributed by atoms with Crippen LogP contribution in [0.5, 0.6) is 0 Å². The number of rotatable bonds is 5. The molecule has 0 saturated carbocycles. The third kappa shape index (κ3) is 3.46. The van der Waals surface area contributed by atoms with E-state index in [1.54, 1.807) is 0 Å². The molecule has 19 heavy (non-hydrogen) atoms. The van der Waals surface area contributed by atoms with E-state index in [1.165, 1.54) is 16.7 Å². The molecule has 0 aliphatic heterocycles. The third-order valence-electron chi connectivity index (χ3n) is 3.36. The molecule has 0 aliphatic rings. The number of hydrogen-bond donors (Lipinski definition) is 1. The SMILES string of the molecule is CCNC(CC)c1ccc(-c2ccccc2Br)cc1. The number of nitrogens with one attached hydrogen (secondary N) is 1. The van der Waals surface area contributed by atoms with E-state index >= 15 is 0 Å². The Bertz CT molecular complexity index is 519. The van der Waals surface area contributed by atoms with Crippen molar-refractivity contribution in [2.24, 2.45) is 0 Å². The lowest BCUT2D eigenvalue weighted by Crippen LogP contribution is -2.19. The summed E-state index contributed by atoms with van der Waals surface area (Å²) in [5, 5.41) is 3.51. The predicted octanol–water partition coefficient (Wildman–Crippen LogP) is 5.18. The van der Waals surface area contributed by atoms with Gasteiger partial charge < -0.3 is 5.32 Å². The zero-order valence-corrected chi connectivity index (χ0v) is 13.1. The second kappa shape index (κ2) is 6.88. The van der Waals surface area contributed by atoms with Gasteiger partial charge in [-0.25, -0.2) is 0 Å². The van der Waals surface area contributed by atoms with Gasteiger partial charge in [0, 0.05) is 10.5 Å². The van der Waals surface area contributed by atoms with Crippen LogP contribution in [0.4, 0.5) is 0 Å². The van der Waals surface area contributed by atoms with E-state index in [-0.39, 0.29) is 0 Å². The highest BCUT2D eigenvalue weighted by molar-refractivity contribution is 9.10. The molecule has 0 spiro atoms. The standard InChI is InChI=1S/C17H20BrN/c1-3-17(19-4-2)14-11-9-13(10-12-14)15-7-5-6-8-16(15)18/h5-12,17,19H,3-4H2,1-2H3. The first kappa shape index (κ1) is 14.3. The Morgan fingerprint density at radius 1 is 1.00 bits per heavy atom. The molecule has 0 radical (unpaired) electrons. The molecule has 0 saturated heterocycles. The highest BCUT2D eigenvalue weighted by Crippen LogP contribution is 2.29. The Hall–Kier alpha value is -1.12. The molecule has 0 aromatic heterocycles. The van der Waals surface area contributed by atoms with Gasteiger partial charge in [-0.15, -0.1) is 0 Å². The summed E-state index contributed by atoms with van der Waals surface area (Å²) in [6.07, 6.45) is 1.11. The van der Waals surface area contributed by atoms with Crippen LogP contribution in [-0.4, -0.2) is 6.54 Å². The monoisotopic (exact) mass is 317 g/mol. The Kier molecular flexibility index (Phi) is 5.17. The molecular formula is C17H20BrN. The van der Waals surface area contributed by atoms with Crippen molar-refractivity contribution < 1.29 is 0 Å². The average Bonchev–Trinajstić information content (AvgIpc) is 2.46. The van der Waals surface area contributed by atoms with Gasteiger partial charge in [-0.1, -0.05) is 72.2 Å². The maximum atomic E-state index is 3.61. The van der Waals surface area contributed by atoms with Crippen LogP contribution in [0.1, 0.15) is 31.9 Å². The van der Waals surface area contributed by atoms with Crippen molar-refractivity contribution in [3.8, 4) is 11.1 Å². The van der Waals surface area contributed by atoms with Crippen molar-refractivity contribution in [3.05, 3.63) is 58.6 Å². The van der Waals surface area contributed by atoms with Crippen LogP contribution in [0.3, 0.4) is 0 Å². The molecule has 0 bridgehead atoms. The molecule has 0 fully saturated rings. The Balaban J connectivity index is 2.26. The van der Waals surface area contributed by atoms with Crippen LogP contribution < -0.4 is 5.32 Å². The molecule has 1 unspecified atom stereocenters. The summed E-state index contributed by atoms with van der Waals surface area (Å²) in [6.45, 7) is 5.37. The van der Waals surface area contributed by atoms with Crippen LogP contribution in [-0.2, 0) is 0 Å². The van der Waals surface area contributed by atoms with Gasteiger partial charge in [-0.2, -0.15) is 0 Å². The van der Waals surface area contributed by atoms with Crippen molar-refractivity contribution in [3.63, 3.8) is 0 Å². The Labute approximate surface area is 124 Å². The summed E-state index contributed by atoms with van der Waals surface area (Å²) in [7, 11) is 0. The lowest BCUT2D eigenvalue weighted by molar-refractivity contribution is 0.537. The van der Waals surface area contributed by atoms with E-state index in [0.29, 0.717) is 6.04 Å². The maximum absolute atomic E-state index is 3.61. The van der Waals surface area contributed by atoms with E-state index in [2.05, 4.69) is 77.6 Å². The minimum absolute atomic E-state index is 0.457. The molecule has 0 aliphatic carbocycles. The van der Waals surface area contributed by atoms with Crippen molar-refractivity contribution in [2.45, 2.75) is 26.3 Å². The van der Waals surface area contributed by atoms with Crippen LogP contribution >= 0.6 is 15.9 Å². The van der Waals surface area contributed by atoms with Crippen molar-refractivity contribution in [1.82, 2.24) is 5.32 Å². The molecule has 1 nitrogen and oxygen atoms in total. The predicted molar refractivity (Wildman–Crippen MR) is 86.3 cm³/mol. The molecular weight excluding hydrogens is 298 g/mol. The normalized spacial score (nSPS) is 12.4. The van der Waals surface area contributed by atoms with Gasteiger partial charge in [-0.05, 0) is 35.7 Å². The summed E-state index contributed by atoms with van der Waals surface area (Å²) in [4.78, 5) is 0. The summed E-state index contributed by atoms with van der Waals surface area (Å²) < 4.78 is 1.14. The minimum Gasteiger partial charge on any atom is -0.310 e. The van der Waals surface area contributed by atoms with Gasteiger partial charge in [0.25, 0.3) is 0 Å². The van der Waals surface area contributed by atoms with Gasteiger partial charge in [0.1, 0.15) is 0 Å². The topological polar surface area (TPSA) is 12.0 Å². The fourth-order valence-corrected chi connectivity index (χ4v) is 2.85. The minimum atomic E-state index is 0.457. The van der Waals surface area contributed by atoms with E-state index in [4.69, 9.17) is 0 Å². The molecule has 2 heteroatoms. The molecule has 0 heterocycles. The lowest BCUT2D eigenvalue weighted by atomic mass is 9.99. The highest BCUT2D eigenvalue weighted by atomic mass is 79.9. The highest BCUT2D eigenvalue weighted by Gasteiger charge is 2.08. The fraction of sp³-hybridized carbons (Fsp3) is 0.294. The molecule has 0 amide bonds. The van der Waals surface area contributed by atoms with E-state index in [9.17, 15) is 0 Å². The average molecular weight is 318 g/mol. The summed E-state index contributed by atoms with van der Waals surface area (Å²) in [5.41, 5.74) is 3.85. The van der Waals surface area contributed by atoms with Gasteiger partial charge >= 0.3 is 0 Å². The zero-order valence-electron chi connectivity index (χ0n) is 11.5. The molecule has 1 N–H and O–H groups in total. The summed E-state index contributed by atoms with van der Waals surface area (Å²) in [5.74, 6) is 0. The first-order valence-electron chi connectivity index (χ1n) is 6.84. The smallest absolute Gasteiger partial charge is 0.0317 e. The maximum Gasteiger partial charge on any atom is 0.0317 e. The molecule has 2 aromatic carbocycles. The van der Waals surface area contributed by atoms with Gasteiger partial charge in [0.2, 0.25) is 0 Å². The van der Waals surface area contributed by atoms with Crippen LogP contribution in [0.2, 0.25) is 0 Å².